The normalized spacial score (nSPS) is 16.1. The topological polar surface area (TPSA) is 290 Å². The van der Waals surface area contributed by atoms with Gasteiger partial charge in [0.2, 0.25) is 35.4 Å². The fourth-order valence-electron chi connectivity index (χ4n) is 5.66. The van der Waals surface area contributed by atoms with Crippen LogP contribution in [0.2, 0.25) is 0 Å². The lowest BCUT2D eigenvalue weighted by Gasteiger charge is -2.29. The molecule has 0 aromatic heterocycles. The van der Waals surface area contributed by atoms with E-state index in [2.05, 4.69) is 26.3 Å². The van der Waals surface area contributed by atoms with E-state index >= 15 is 0 Å². The van der Waals surface area contributed by atoms with Crippen LogP contribution in [0.5, 0.6) is 0 Å². The predicted octanol–water partition coefficient (Wildman–Crippen LogP) is -3.11. The molecule has 2 aromatic rings. The molecule has 1 aliphatic rings. The van der Waals surface area contributed by atoms with Gasteiger partial charge in [0.05, 0.1) is 13.2 Å². The highest BCUT2D eigenvalue weighted by Gasteiger charge is 2.39. The average molecular weight is 709 g/mol. The van der Waals surface area contributed by atoms with Crippen molar-refractivity contribution in [2.45, 2.75) is 68.7 Å². The van der Waals surface area contributed by atoms with Gasteiger partial charge in [0.25, 0.3) is 0 Å². The number of nitrogens with two attached hydrogens (primary N) is 4. The lowest BCUT2D eigenvalue weighted by molar-refractivity contribution is -0.143. The van der Waals surface area contributed by atoms with E-state index in [0.29, 0.717) is 12.0 Å². The van der Waals surface area contributed by atoms with Gasteiger partial charge in [0, 0.05) is 25.9 Å². The van der Waals surface area contributed by atoms with Gasteiger partial charge in [0.15, 0.2) is 5.96 Å². The van der Waals surface area contributed by atoms with Crippen molar-refractivity contribution < 1.29 is 33.9 Å². The molecule has 0 radical (unpaired) electrons. The molecule has 3 rings (SSSR count). The second kappa shape index (κ2) is 20.2. The van der Waals surface area contributed by atoms with Gasteiger partial charge in [-0.15, -0.1) is 0 Å². The first kappa shape index (κ1) is 39.9. The molecule has 1 fully saturated rings. The highest BCUT2D eigenvalue weighted by atomic mass is 16.3. The molecule has 276 valence electrons. The molecule has 0 bridgehead atoms. The van der Waals surface area contributed by atoms with Crippen LogP contribution in [-0.2, 0) is 41.6 Å². The van der Waals surface area contributed by atoms with Gasteiger partial charge in [-0.05, 0) is 36.8 Å². The van der Waals surface area contributed by atoms with Crippen LogP contribution in [0.4, 0.5) is 0 Å². The van der Waals surface area contributed by atoms with Crippen molar-refractivity contribution in [3.05, 3.63) is 71.8 Å². The molecule has 0 aliphatic carbocycles. The quantitative estimate of drug-likeness (QED) is 0.0402. The van der Waals surface area contributed by atoms with Crippen LogP contribution in [0.1, 0.15) is 36.8 Å². The van der Waals surface area contributed by atoms with Crippen LogP contribution in [0.25, 0.3) is 0 Å². The molecule has 1 aliphatic heterocycles. The van der Waals surface area contributed by atoms with E-state index in [1.54, 1.807) is 54.6 Å². The number of hydrogen-bond acceptors (Lipinski definition) is 9. The maximum atomic E-state index is 13.9. The molecular weight excluding hydrogens is 660 g/mol. The SMILES string of the molecule is NCC(=O)NC(CO)C(=O)N1CCCC1C(=O)NC(CCCN=C(N)N)C(=O)NC(Cc1ccccc1)C(=O)NC(Cc1ccccc1)C(N)=O. The molecule has 17 nitrogen and oxygen atoms in total. The number of carbonyl (C=O) groups is 6. The Kier molecular flexibility index (Phi) is 15.8. The van der Waals surface area contributed by atoms with Gasteiger partial charge in [-0.25, -0.2) is 0 Å². The Morgan fingerprint density at radius 1 is 0.784 bits per heavy atom. The van der Waals surface area contributed by atoms with Crippen LogP contribution in [-0.4, -0.2) is 108 Å². The molecule has 0 saturated carbocycles. The monoisotopic (exact) mass is 708 g/mol. The highest BCUT2D eigenvalue weighted by molar-refractivity contribution is 5.96. The van der Waals surface area contributed by atoms with Crippen LogP contribution >= 0.6 is 0 Å². The second-order valence-electron chi connectivity index (χ2n) is 12.1. The van der Waals surface area contributed by atoms with E-state index in [1.807, 2.05) is 6.07 Å². The Hall–Kier alpha value is -5.55. The number of rotatable bonds is 19. The van der Waals surface area contributed by atoms with E-state index in [0.717, 1.165) is 5.56 Å². The number of guanidine groups is 1. The minimum atomic E-state index is -1.31. The van der Waals surface area contributed by atoms with Gasteiger partial charge in [-0.3, -0.25) is 33.8 Å². The number of aliphatic imine (C=N–C) groups is 1. The van der Waals surface area contributed by atoms with Crippen molar-refractivity contribution in [1.82, 2.24) is 26.2 Å². The zero-order chi connectivity index (χ0) is 37.3. The van der Waals surface area contributed by atoms with Crippen molar-refractivity contribution in [3.63, 3.8) is 0 Å². The predicted molar refractivity (Wildman–Crippen MR) is 188 cm³/mol. The lowest BCUT2D eigenvalue weighted by atomic mass is 10.0. The summed E-state index contributed by atoms with van der Waals surface area (Å²) < 4.78 is 0. The van der Waals surface area contributed by atoms with E-state index in [4.69, 9.17) is 22.9 Å². The fourth-order valence-corrected chi connectivity index (χ4v) is 5.66. The smallest absolute Gasteiger partial charge is 0.248 e. The molecule has 2 aromatic carbocycles. The number of aliphatic hydroxyl groups is 1. The third kappa shape index (κ3) is 12.7. The van der Waals surface area contributed by atoms with Gasteiger partial charge in [-0.2, -0.15) is 0 Å². The number of nitrogens with one attached hydrogen (secondary N) is 4. The minimum absolute atomic E-state index is 0.0475. The summed E-state index contributed by atoms with van der Waals surface area (Å²) in [6, 6.07) is 12.1. The molecule has 1 heterocycles. The van der Waals surface area contributed by atoms with Crippen molar-refractivity contribution in [2.24, 2.45) is 27.9 Å². The number of benzene rings is 2. The molecule has 5 unspecified atom stereocenters. The maximum Gasteiger partial charge on any atom is 0.248 e. The van der Waals surface area contributed by atoms with Crippen LogP contribution in [0.15, 0.2) is 65.7 Å². The molecular formula is C34H48N10O7. The van der Waals surface area contributed by atoms with Crippen molar-refractivity contribution in [3.8, 4) is 0 Å². The first-order valence-corrected chi connectivity index (χ1v) is 16.7. The number of nitrogens with zero attached hydrogens (tertiary/aromatic N) is 2. The van der Waals surface area contributed by atoms with Gasteiger partial charge < -0.3 is 54.2 Å². The summed E-state index contributed by atoms with van der Waals surface area (Å²) in [5, 5.41) is 20.2. The molecule has 13 N–H and O–H groups in total. The number of primary amides is 1. The summed E-state index contributed by atoms with van der Waals surface area (Å²) in [6.45, 7) is -0.790. The zero-order valence-electron chi connectivity index (χ0n) is 28.3. The summed E-state index contributed by atoms with van der Waals surface area (Å²) >= 11 is 0. The van der Waals surface area contributed by atoms with Gasteiger partial charge in [-0.1, -0.05) is 60.7 Å². The summed E-state index contributed by atoms with van der Waals surface area (Å²) in [5.74, 6) is -4.27. The Balaban J connectivity index is 1.83. The Bertz CT molecular complexity index is 1520. The van der Waals surface area contributed by atoms with Crippen molar-refractivity contribution in [2.75, 3.05) is 26.2 Å². The van der Waals surface area contributed by atoms with Crippen molar-refractivity contribution in [1.29, 1.82) is 0 Å². The number of carbonyl (C=O) groups excluding carboxylic acids is 6. The third-order valence-corrected chi connectivity index (χ3v) is 8.28. The molecule has 0 spiro atoms. The van der Waals surface area contributed by atoms with Crippen molar-refractivity contribution >= 4 is 41.4 Å². The van der Waals surface area contributed by atoms with Gasteiger partial charge >= 0.3 is 0 Å². The Labute approximate surface area is 295 Å². The molecule has 17 heteroatoms. The second-order valence-corrected chi connectivity index (χ2v) is 12.1. The standard InChI is InChI=1S/C34H48N10O7/c35-19-28(46)40-26(20-45)33(51)44-16-8-14-27(44)32(50)41-23(13-7-15-39-34(37)38)30(48)43-25(18-22-11-5-2-6-12-22)31(49)42-24(29(36)47)17-21-9-3-1-4-10-21/h1-6,9-12,23-27,45H,7-8,13-20,35H2,(H2,36,47)(H,40,46)(H,41,50)(H,42,49)(H,43,48)(H4,37,38,39). The number of aliphatic hydroxyl groups excluding tert-OH is 1. The average Bonchev–Trinajstić information content (AvgIpc) is 3.62. The van der Waals surface area contributed by atoms with E-state index in [1.165, 1.54) is 4.90 Å². The molecule has 6 amide bonds. The number of hydrogen-bond donors (Lipinski definition) is 9. The zero-order valence-corrected chi connectivity index (χ0v) is 28.3. The maximum absolute atomic E-state index is 13.9. The minimum Gasteiger partial charge on any atom is -0.394 e. The fraction of sp³-hybridized carbons (Fsp3) is 0.441. The van der Waals surface area contributed by atoms with Crippen LogP contribution in [0.3, 0.4) is 0 Å². The Morgan fingerprint density at radius 3 is 1.90 bits per heavy atom. The largest absolute Gasteiger partial charge is 0.394 e. The van der Waals surface area contributed by atoms with E-state index < -0.39 is 78.8 Å². The number of likely N-dealkylation sites (tertiary alicyclic amines) is 1. The molecule has 5 atom stereocenters. The molecule has 51 heavy (non-hydrogen) atoms. The summed E-state index contributed by atoms with van der Waals surface area (Å²) in [7, 11) is 0. The van der Waals surface area contributed by atoms with Crippen LogP contribution < -0.4 is 44.2 Å². The molecule has 1 saturated heterocycles. The summed E-state index contributed by atoms with van der Waals surface area (Å²) in [5.41, 5.74) is 23.3. The first-order chi connectivity index (χ1) is 24.4. The Morgan fingerprint density at radius 2 is 1.35 bits per heavy atom. The lowest BCUT2D eigenvalue weighted by Crippen LogP contribution is -2.59. The summed E-state index contributed by atoms with van der Waals surface area (Å²) in [4.78, 5) is 83.9. The highest BCUT2D eigenvalue weighted by Crippen LogP contribution is 2.19. The number of amides is 6. The summed E-state index contributed by atoms with van der Waals surface area (Å²) in [6.07, 6.45) is 1.21. The third-order valence-electron chi connectivity index (χ3n) is 8.28. The van der Waals surface area contributed by atoms with Crippen LogP contribution in [0, 0.1) is 0 Å². The van der Waals surface area contributed by atoms with E-state index in [9.17, 15) is 33.9 Å². The van der Waals surface area contributed by atoms with E-state index in [-0.39, 0.29) is 51.2 Å². The first-order valence-electron chi connectivity index (χ1n) is 16.7. The van der Waals surface area contributed by atoms with Gasteiger partial charge in [0.1, 0.15) is 30.2 Å².